The third kappa shape index (κ3) is 4.37. The van der Waals surface area contributed by atoms with Gasteiger partial charge in [0.2, 0.25) is 0 Å². The van der Waals surface area contributed by atoms with Crippen molar-refractivity contribution in [2.75, 3.05) is 45.1 Å². The molecule has 0 aromatic carbocycles. The van der Waals surface area contributed by atoms with Gasteiger partial charge in [-0.2, -0.15) is 0 Å². The number of piperazine rings is 1. The third-order valence-corrected chi connectivity index (χ3v) is 3.40. The Labute approximate surface area is 124 Å². The van der Waals surface area contributed by atoms with Gasteiger partial charge in [0.1, 0.15) is 11.6 Å². The maximum Gasteiger partial charge on any atom is 0.269 e. The molecule has 2 rings (SSSR count). The van der Waals surface area contributed by atoms with Crippen LogP contribution < -0.4 is 10.7 Å². The SMILES string of the molecule is CCCNc1ncc(F)cc1C(=O)NN1CCN(C)CC1. The summed E-state index contributed by atoms with van der Waals surface area (Å²) in [5.74, 6) is -0.421. The van der Waals surface area contributed by atoms with Crippen molar-refractivity contribution < 1.29 is 9.18 Å². The van der Waals surface area contributed by atoms with Gasteiger partial charge in [-0.15, -0.1) is 0 Å². The lowest BCUT2D eigenvalue weighted by Crippen LogP contribution is -2.52. The summed E-state index contributed by atoms with van der Waals surface area (Å²) in [7, 11) is 2.04. The number of hydrazine groups is 1. The Morgan fingerprint density at radius 3 is 2.76 bits per heavy atom. The highest BCUT2D eigenvalue weighted by Gasteiger charge is 2.19. The molecule has 1 amide bonds. The zero-order valence-corrected chi connectivity index (χ0v) is 12.5. The van der Waals surface area contributed by atoms with Crippen LogP contribution in [0.25, 0.3) is 0 Å². The van der Waals surface area contributed by atoms with Crippen molar-refractivity contribution in [2.24, 2.45) is 0 Å². The van der Waals surface area contributed by atoms with Crippen LogP contribution in [0.15, 0.2) is 12.3 Å². The molecule has 1 saturated heterocycles. The van der Waals surface area contributed by atoms with E-state index in [0.717, 1.165) is 38.8 Å². The fraction of sp³-hybridized carbons (Fsp3) is 0.571. The van der Waals surface area contributed by atoms with Gasteiger partial charge in [0.05, 0.1) is 11.8 Å². The highest BCUT2D eigenvalue weighted by Crippen LogP contribution is 2.14. The van der Waals surface area contributed by atoms with Crippen LogP contribution in [0, 0.1) is 5.82 Å². The fourth-order valence-electron chi connectivity index (χ4n) is 2.12. The first-order valence-electron chi connectivity index (χ1n) is 7.24. The third-order valence-electron chi connectivity index (χ3n) is 3.40. The van der Waals surface area contributed by atoms with Crippen molar-refractivity contribution in [2.45, 2.75) is 13.3 Å². The minimum Gasteiger partial charge on any atom is -0.369 e. The van der Waals surface area contributed by atoms with Gasteiger partial charge >= 0.3 is 0 Å². The zero-order chi connectivity index (χ0) is 15.2. The van der Waals surface area contributed by atoms with Gasteiger partial charge in [-0.3, -0.25) is 10.2 Å². The number of anilines is 1. The van der Waals surface area contributed by atoms with E-state index in [1.54, 1.807) is 0 Å². The second kappa shape index (κ2) is 7.33. The number of hydrogen-bond donors (Lipinski definition) is 2. The van der Waals surface area contributed by atoms with Crippen molar-refractivity contribution in [1.82, 2.24) is 20.3 Å². The number of nitrogens with one attached hydrogen (secondary N) is 2. The molecule has 1 aromatic heterocycles. The van der Waals surface area contributed by atoms with Crippen molar-refractivity contribution in [3.63, 3.8) is 0 Å². The smallest absolute Gasteiger partial charge is 0.269 e. The molecule has 2 N–H and O–H groups in total. The summed E-state index contributed by atoms with van der Waals surface area (Å²) in [6.07, 6.45) is 2.02. The van der Waals surface area contributed by atoms with Gasteiger partial charge in [0.15, 0.2) is 0 Å². The standard InChI is InChI=1S/C14H22FN5O/c1-3-4-16-13-12(9-11(15)10-17-13)14(21)18-20-7-5-19(2)6-8-20/h9-10H,3-8H2,1-2H3,(H,16,17)(H,18,21). The maximum absolute atomic E-state index is 13.4. The van der Waals surface area contributed by atoms with E-state index in [4.69, 9.17) is 0 Å². The van der Waals surface area contributed by atoms with Gasteiger partial charge < -0.3 is 10.2 Å². The second-order valence-electron chi connectivity index (χ2n) is 5.21. The number of hydrogen-bond acceptors (Lipinski definition) is 5. The van der Waals surface area contributed by atoms with Crippen LogP contribution in [0.4, 0.5) is 10.2 Å². The number of carbonyl (C=O) groups excluding carboxylic acids is 1. The van der Waals surface area contributed by atoms with Gasteiger partial charge in [-0.25, -0.2) is 14.4 Å². The Balaban J connectivity index is 2.05. The average Bonchev–Trinajstić information content (AvgIpc) is 2.48. The monoisotopic (exact) mass is 295 g/mol. The number of halogens is 1. The summed E-state index contributed by atoms with van der Waals surface area (Å²) in [6.45, 7) is 5.99. The van der Waals surface area contributed by atoms with Gasteiger partial charge in [0, 0.05) is 32.7 Å². The van der Waals surface area contributed by atoms with Crippen molar-refractivity contribution in [3.05, 3.63) is 23.6 Å². The number of pyridine rings is 1. The normalized spacial score (nSPS) is 16.7. The van der Waals surface area contributed by atoms with Crippen LogP contribution in [0.3, 0.4) is 0 Å². The number of rotatable bonds is 5. The Morgan fingerprint density at radius 1 is 1.38 bits per heavy atom. The first-order valence-corrected chi connectivity index (χ1v) is 7.24. The zero-order valence-electron chi connectivity index (χ0n) is 12.5. The lowest BCUT2D eigenvalue weighted by atomic mass is 10.2. The first kappa shape index (κ1) is 15.7. The molecule has 0 bridgehead atoms. The number of nitrogens with zero attached hydrogens (tertiary/aromatic N) is 3. The molecule has 21 heavy (non-hydrogen) atoms. The van der Waals surface area contributed by atoms with Crippen molar-refractivity contribution >= 4 is 11.7 Å². The molecule has 1 fully saturated rings. The number of carbonyl (C=O) groups is 1. The molecule has 1 aliphatic heterocycles. The molecule has 1 aliphatic rings. The molecule has 116 valence electrons. The van der Waals surface area contributed by atoms with E-state index >= 15 is 0 Å². The fourth-order valence-corrected chi connectivity index (χ4v) is 2.12. The molecular formula is C14H22FN5O. The second-order valence-corrected chi connectivity index (χ2v) is 5.21. The van der Waals surface area contributed by atoms with Crippen LogP contribution in [0.1, 0.15) is 23.7 Å². The Bertz CT molecular complexity index is 488. The lowest BCUT2D eigenvalue weighted by molar-refractivity contribution is 0.0662. The van der Waals surface area contributed by atoms with E-state index in [0.29, 0.717) is 12.4 Å². The Morgan fingerprint density at radius 2 is 2.10 bits per heavy atom. The van der Waals surface area contributed by atoms with E-state index < -0.39 is 5.82 Å². The topological polar surface area (TPSA) is 60.5 Å². The van der Waals surface area contributed by atoms with E-state index in [-0.39, 0.29) is 11.5 Å². The lowest BCUT2D eigenvalue weighted by Gasteiger charge is -2.32. The first-order chi connectivity index (χ1) is 10.1. The molecule has 7 heteroatoms. The molecule has 0 saturated carbocycles. The number of aromatic nitrogens is 1. The summed E-state index contributed by atoms with van der Waals surface area (Å²) >= 11 is 0. The summed E-state index contributed by atoms with van der Waals surface area (Å²) in [5.41, 5.74) is 3.06. The van der Waals surface area contributed by atoms with Crippen LogP contribution in [-0.2, 0) is 0 Å². The quantitative estimate of drug-likeness (QED) is 0.846. The Hall–Kier alpha value is -1.73. The molecule has 2 heterocycles. The van der Waals surface area contributed by atoms with E-state index in [9.17, 15) is 9.18 Å². The van der Waals surface area contributed by atoms with Gasteiger partial charge in [-0.05, 0) is 19.5 Å². The van der Waals surface area contributed by atoms with Crippen LogP contribution >= 0.6 is 0 Å². The Kier molecular flexibility index (Phi) is 5.46. The highest BCUT2D eigenvalue weighted by molar-refractivity contribution is 5.98. The van der Waals surface area contributed by atoms with Crippen molar-refractivity contribution in [3.8, 4) is 0 Å². The molecule has 0 atom stereocenters. The molecule has 6 nitrogen and oxygen atoms in total. The van der Waals surface area contributed by atoms with Gasteiger partial charge in [0.25, 0.3) is 5.91 Å². The number of likely N-dealkylation sites (N-methyl/N-ethyl adjacent to an activating group) is 1. The molecule has 0 spiro atoms. The highest BCUT2D eigenvalue weighted by atomic mass is 19.1. The van der Waals surface area contributed by atoms with Crippen LogP contribution in [0.2, 0.25) is 0 Å². The largest absolute Gasteiger partial charge is 0.369 e. The molecule has 1 aromatic rings. The van der Waals surface area contributed by atoms with E-state index in [1.165, 1.54) is 6.07 Å². The predicted octanol–water partition coefficient (Wildman–Crippen LogP) is 0.935. The summed E-state index contributed by atoms with van der Waals surface area (Å²) < 4.78 is 13.4. The van der Waals surface area contributed by atoms with E-state index in [2.05, 4.69) is 20.6 Å². The summed E-state index contributed by atoms with van der Waals surface area (Å²) in [6, 6.07) is 1.22. The average molecular weight is 295 g/mol. The van der Waals surface area contributed by atoms with Crippen LogP contribution in [-0.4, -0.2) is 60.6 Å². The molecule has 0 aliphatic carbocycles. The molecule has 0 radical (unpaired) electrons. The number of amides is 1. The van der Waals surface area contributed by atoms with E-state index in [1.807, 2.05) is 19.0 Å². The van der Waals surface area contributed by atoms with Gasteiger partial charge in [-0.1, -0.05) is 6.92 Å². The molecule has 0 unspecified atom stereocenters. The van der Waals surface area contributed by atoms with Crippen LogP contribution in [0.5, 0.6) is 0 Å². The maximum atomic E-state index is 13.4. The van der Waals surface area contributed by atoms with Crippen molar-refractivity contribution in [1.29, 1.82) is 0 Å². The minimum absolute atomic E-state index is 0.238. The summed E-state index contributed by atoms with van der Waals surface area (Å²) in [5, 5.41) is 4.91. The molecular weight excluding hydrogens is 273 g/mol. The predicted molar refractivity (Wildman–Crippen MR) is 79.5 cm³/mol. The minimum atomic E-state index is -0.513. The summed E-state index contributed by atoms with van der Waals surface area (Å²) in [4.78, 5) is 18.5.